The smallest absolute Gasteiger partial charge is 0.228 e. The maximum Gasteiger partial charge on any atom is 0.228 e. The monoisotopic (exact) mass is 289 g/mol. The second-order valence-electron chi connectivity index (χ2n) is 6.41. The van der Waals surface area contributed by atoms with Gasteiger partial charge in [0.1, 0.15) is 0 Å². The van der Waals surface area contributed by atoms with Crippen molar-refractivity contribution in [2.45, 2.75) is 40.2 Å². The van der Waals surface area contributed by atoms with Crippen molar-refractivity contribution < 1.29 is 4.79 Å². The van der Waals surface area contributed by atoms with Crippen LogP contribution in [-0.2, 0) is 11.3 Å². The van der Waals surface area contributed by atoms with Crippen molar-refractivity contribution in [1.82, 2.24) is 15.2 Å². The van der Waals surface area contributed by atoms with E-state index in [0.717, 1.165) is 38.2 Å². The van der Waals surface area contributed by atoms with E-state index in [1.165, 1.54) is 0 Å². The molecule has 1 atom stereocenters. The fourth-order valence-corrected chi connectivity index (χ4v) is 3.06. The molecule has 0 bridgehead atoms. The van der Waals surface area contributed by atoms with Gasteiger partial charge in [0, 0.05) is 18.2 Å². The molecule has 1 saturated heterocycles. The molecule has 1 aromatic heterocycles. The molecule has 2 heterocycles. The van der Waals surface area contributed by atoms with Crippen molar-refractivity contribution >= 4 is 5.91 Å². The van der Waals surface area contributed by atoms with Crippen molar-refractivity contribution in [3.8, 4) is 0 Å². The van der Waals surface area contributed by atoms with Crippen LogP contribution in [0.2, 0.25) is 0 Å². The summed E-state index contributed by atoms with van der Waals surface area (Å²) in [6.07, 6.45) is 4.07. The number of carbonyl (C=O) groups excluding carboxylic acids is 1. The Bertz CT molecular complexity index is 452. The van der Waals surface area contributed by atoms with Crippen molar-refractivity contribution in [1.29, 1.82) is 0 Å². The Labute approximate surface area is 127 Å². The molecule has 1 aliphatic heterocycles. The van der Waals surface area contributed by atoms with Crippen LogP contribution in [-0.4, -0.2) is 35.4 Å². The van der Waals surface area contributed by atoms with Gasteiger partial charge in [0.2, 0.25) is 5.91 Å². The predicted octanol–water partition coefficient (Wildman–Crippen LogP) is 2.46. The van der Waals surface area contributed by atoms with Gasteiger partial charge in [-0.3, -0.25) is 9.78 Å². The number of hydrogen-bond acceptors (Lipinski definition) is 3. The molecule has 0 aliphatic carbocycles. The van der Waals surface area contributed by atoms with Gasteiger partial charge in [0.15, 0.2) is 0 Å². The summed E-state index contributed by atoms with van der Waals surface area (Å²) in [5, 5.41) is 3.42. The fraction of sp³-hybridized carbons (Fsp3) is 0.647. The second-order valence-corrected chi connectivity index (χ2v) is 6.41. The molecule has 1 amide bonds. The number of nitrogens with zero attached hydrogens (tertiary/aromatic N) is 2. The molecular weight excluding hydrogens is 262 g/mol. The van der Waals surface area contributed by atoms with Crippen molar-refractivity contribution in [3.63, 3.8) is 0 Å². The Morgan fingerprint density at radius 1 is 1.48 bits per heavy atom. The fourth-order valence-electron chi connectivity index (χ4n) is 3.06. The molecule has 4 nitrogen and oxygen atoms in total. The Balaban J connectivity index is 2.07. The van der Waals surface area contributed by atoms with Crippen LogP contribution in [0, 0.1) is 11.3 Å². The molecule has 0 saturated carbocycles. The van der Waals surface area contributed by atoms with Gasteiger partial charge in [-0.05, 0) is 50.9 Å². The molecule has 1 fully saturated rings. The lowest BCUT2D eigenvalue weighted by molar-refractivity contribution is -0.144. The topological polar surface area (TPSA) is 45.2 Å². The summed E-state index contributed by atoms with van der Waals surface area (Å²) in [5.41, 5.74) is 0.628. The first kappa shape index (κ1) is 16.0. The molecule has 1 N–H and O–H groups in total. The van der Waals surface area contributed by atoms with Gasteiger partial charge in [-0.2, -0.15) is 0 Å². The van der Waals surface area contributed by atoms with Gasteiger partial charge in [-0.1, -0.05) is 19.9 Å². The minimum absolute atomic E-state index is 0.240. The maximum absolute atomic E-state index is 13.0. The summed E-state index contributed by atoms with van der Waals surface area (Å²) >= 11 is 0. The summed E-state index contributed by atoms with van der Waals surface area (Å²) in [6, 6.07) is 5.85. The quantitative estimate of drug-likeness (QED) is 0.905. The Morgan fingerprint density at radius 3 is 2.86 bits per heavy atom. The summed E-state index contributed by atoms with van der Waals surface area (Å²) in [7, 11) is 0. The van der Waals surface area contributed by atoms with Crippen LogP contribution < -0.4 is 5.32 Å². The van der Waals surface area contributed by atoms with Crippen LogP contribution in [0.1, 0.15) is 39.3 Å². The number of piperidine rings is 1. The van der Waals surface area contributed by atoms with E-state index in [4.69, 9.17) is 0 Å². The molecule has 1 aromatic rings. The molecule has 4 heteroatoms. The van der Waals surface area contributed by atoms with Crippen LogP contribution in [0.25, 0.3) is 0 Å². The average Bonchev–Trinajstić information content (AvgIpc) is 2.53. The molecule has 0 spiro atoms. The highest BCUT2D eigenvalue weighted by Crippen LogP contribution is 2.34. The molecule has 1 unspecified atom stereocenters. The van der Waals surface area contributed by atoms with Gasteiger partial charge in [0.05, 0.1) is 12.2 Å². The summed E-state index contributed by atoms with van der Waals surface area (Å²) in [6.45, 7) is 9.56. The Hall–Kier alpha value is -1.42. The Kier molecular flexibility index (Phi) is 5.34. The number of pyridine rings is 1. The Morgan fingerprint density at radius 2 is 2.29 bits per heavy atom. The lowest BCUT2D eigenvalue weighted by Crippen LogP contribution is -2.48. The second kappa shape index (κ2) is 7.03. The lowest BCUT2D eigenvalue weighted by Gasteiger charge is -2.39. The van der Waals surface area contributed by atoms with E-state index in [9.17, 15) is 4.79 Å². The third-order valence-electron chi connectivity index (χ3n) is 4.62. The highest BCUT2D eigenvalue weighted by Gasteiger charge is 2.39. The highest BCUT2D eigenvalue weighted by molar-refractivity contribution is 5.82. The van der Waals surface area contributed by atoms with E-state index in [0.29, 0.717) is 12.5 Å². The third-order valence-corrected chi connectivity index (χ3v) is 4.62. The van der Waals surface area contributed by atoms with Crippen LogP contribution >= 0.6 is 0 Å². The standard InChI is InChI=1S/C17H27N3O/c1-4-20(13-15-9-5-6-11-19-15)16(21)17(2,3)14-8-7-10-18-12-14/h5-6,9,11,14,18H,4,7-8,10,12-13H2,1-3H3. The largest absolute Gasteiger partial charge is 0.337 e. The summed E-state index contributed by atoms with van der Waals surface area (Å²) in [4.78, 5) is 19.2. The lowest BCUT2D eigenvalue weighted by atomic mass is 9.74. The van der Waals surface area contributed by atoms with Crippen LogP contribution in [0.3, 0.4) is 0 Å². The first-order valence-electron chi connectivity index (χ1n) is 7.95. The minimum Gasteiger partial charge on any atom is -0.337 e. The van der Waals surface area contributed by atoms with Gasteiger partial charge in [-0.15, -0.1) is 0 Å². The minimum atomic E-state index is -0.321. The molecule has 0 aromatic carbocycles. The first-order valence-corrected chi connectivity index (χ1v) is 7.95. The molecule has 0 radical (unpaired) electrons. The molecule has 116 valence electrons. The predicted molar refractivity (Wildman–Crippen MR) is 84.7 cm³/mol. The normalized spacial score (nSPS) is 19.3. The van der Waals surface area contributed by atoms with Gasteiger partial charge < -0.3 is 10.2 Å². The van der Waals surface area contributed by atoms with Crippen molar-refractivity contribution in [3.05, 3.63) is 30.1 Å². The zero-order valence-corrected chi connectivity index (χ0v) is 13.4. The number of rotatable bonds is 5. The van der Waals surface area contributed by atoms with E-state index >= 15 is 0 Å². The van der Waals surface area contributed by atoms with Gasteiger partial charge in [-0.25, -0.2) is 0 Å². The summed E-state index contributed by atoms with van der Waals surface area (Å²) < 4.78 is 0. The van der Waals surface area contributed by atoms with Crippen LogP contribution in [0.15, 0.2) is 24.4 Å². The SMILES string of the molecule is CCN(Cc1ccccn1)C(=O)C(C)(C)C1CCCNC1. The number of carbonyl (C=O) groups is 1. The molecule has 21 heavy (non-hydrogen) atoms. The molecule has 1 aliphatic rings. The van der Waals surface area contributed by atoms with E-state index in [2.05, 4.69) is 24.1 Å². The zero-order chi connectivity index (χ0) is 15.3. The van der Waals surface area contributed by atoms with E-state index in [1.54, 1.807) is 6.20 Å². The first-order chi connectivity index (χ1) is 10.1. The third kappa shape index (κ3) is 3.82. The van der Waals surface area contributed by atoms with Gasteiger partial charge in [0.25, 0.3) is 0 Å². The molecule has 2 rings (SSSR count). The zero-order valence-electron chi connectivity index (χ0n) is 13.4. The van der Waals surface area contributed by atoms with Crippen LogP contribution in [0.4, 0.5) is 0 Å². The average molecular weight is 289 g/mol. The van der Waals surface area contributed by atoms with Gasteiger partial charge >= 0.3 is 0 Å². The molecular formula is C17H27N3O. The number of amides is 1. The van der Waals surface area contributed by atoms with E-state index in [1.807, 2.05) is 30.0 Å². The van der Waals surface area contributed by atoms with E-state index in [-0.39, 0.29) is 11.3 Å². The van der Waals surface area contributed by atoms with Crippen molar-refractivity contribution in [2.24, 2.45) is 11.3 Å². The number of aromatic nitrogens is 1. The maximum atomic E-state index is 13.0. The summed E-state index contributed by atoms with van der Waals surface area (Å²) in [5.74, 6) is 0.654. The van der Waals surface area contributed by atoms with Crippen molar-refractivity contribution in [2.75, 3.05) is 19.6 Å². The number of hydrogen-bond donors (Lipinski definition) is 1. The highest BCUT2D eigenvalue weighted by atomic mass is 16.2. The number of nitrogens with one attached hydrogen (secondary N) is 1. The van der Waals surface area contributed by atoms with E-state index < -0.39 is 0 Å². The van der Waals surface area contributed by atoms with Crippen LogP contribution in [0.5, 0.6) is 0 Å².